The van der Waals surface area contributed by atoms with Crippen molar-refractivity contribution < 1.29 is 31.1 Å². The van der Waals surface area contributed by atoms with E-state index in [1.165, 1.54) is 46.6 Å². The zero-order chi connectivity index (χ0) is 27.5. The van der Waals surface area contributed by atoms with Crippen LogP contribution in [-0.4, -0.2) is 84.2 Å². The molecule has 0 saturated carbocycles. The Balaban J connectivity index is 2.02. The summed E-state index contributed by atoms with van der Waals surface area (Å²) >= 11 is 6.07. The first-order valence-corrected chi connectivity index (χ1v) is 15.2. The molecule has 1 N–H and O–H groups in total. The number of nitrogens with zero attached hydrogens (tertiary/aromatic N) is 2. The van der Waals surface area contributed by atoms with Crippen molar-refractivity contribution >= 4 is 43.2 Å². The Hall–Kier alpha value is -2.38. The van der Waals surface area contributed by atoms with Crippen LogP contribution in [-0.2, 0) is 24.8 Å². The molecule has 1 aliphatic rings. The first-order valence-electron chi connectivity index (χ1n) is 11.5. The average Bonchev–Trinajstić information content (AvgIpc) is 2.82. The van der Waals surface area contributed by atoms with Gasteiger partial charge in [0.05, 0.1) is 29.0 Å². The quantitative estimate of drug-likeness (QED) is 0.583. The highest BCUT2D eigenvalue weighted by Gasteiger charge is 2.32. The highest BCUT2D eigenvalue weighted by molar-refractivity contribution is 7.92. The first-order chi connectivity index (χ1) is 17.2. The van der Waals surface area contributed by atoms with Gasteiger partial charge in [-0.15, -0.1) is 0 Å². The van der Waals surface area contributed by atoms with E-state index in [1.54, 1.807) is 26.1 Å². The lowest BCUT2D eigenvalue weighted by atomic mass is 10.0. The zero-order valence-corrected chi connectivity index (χ0v) is 23.7. The summed E-state index contributed by atoms with van der Waals surface area (Å²) in [6.07, 6.45) is 0.696. The third-order valence-corrected chi connectivity index (χ3v) is 9.43. The maximum atomic E-state index is 13.5. The van der Waals surface area contributed by atoms with Gasteiger partial charge in [-0.2, -0.15) is 4.31 Å². The van der Waals surface area contributed by atoms with Crippen molar-refractivity contribution in [1.29, 1.82) is 0 Å². The third kappa shape index (κ3) is 6.94. The molecule has 13 heteroatoms. The predicted octanol–water partition coefficient (Wildman–Crippen LogP) is 2.91. The highest BCUT2D eigenvalue weighted by atomic mass is 35.5. The smallest absolute Gasteiger partial charge is 0.263 e. The number of benzene rings is 2. The Morgan fingerprint density at radius 3 is 2.38 bits per heavy atom. The van der Waals surface area contributed by atoms with Gasteiger partial charge < -0.3 is 14.4 Å². The van der Waals surface area contributed by atoms with Crippen molar-refractivity contribution in [3.05, 3.63) is 53.1 Å². The second-order valence-corrected chi connectivity index (χ2v) is 13.2. The molecule has 3 atom stereocenters. The monoisotopic (exact) mass is 573 g/mol. The summed E-state index contributed by atoms with van der Waals surface area (Å²) < 4.78 is 66.3. The molecule has 2 aromatic carbocycles. The standard InChI is InChI=1S/C24H32ClN3O7S2/c1-16-13-28(36(5,30)31)17(2)15-35-21-11-10-18(12-19(21)24(29)27(3)14-22(16)34-4)26-37(32,33)23-9-7-6-8-20(23)25/h6-12,16-17,22,26H,13-15H2,1-5H3/t16-,17-,22-/m1/s1. The summed E-state index contributed by atoms with van der Waals surface area (Å²) in [6.45, 7) is 3.93. The van der Waals surface area contributed by atoms with E-state index >= 15 is 0 Å². The average molecular weight is 574 g/mol. The number of likely N-dealkylation sites (N-methyl/N-ethyl adjacent to an activating group) is 1. The van der Waals surface area contributed by atoms with Gasteiger partial charge in [0, 0.05) is 32.9 Å². The van der Waals surface area contributed by atoms with E-state index in [1.807, 2.05) is 6.92 Å². The number of hydrogen-bond acceptors (Lipinski definition) is 7. The van der Waals surface area contributed by atoms with Crippen LogP contribution in [0.5, 0.6) is 5.75 Å². The lowest BCUT2D eigenvalue weighted by Crippen LogP contribution is -2.48. The second-order valence-electron chi connectivity index (χ2n) is 9.18. The number of carbonyl (C=O) groups is 1. The van der Waals surface area contributed by atoms with Crippen molar-refractivity contribution in [2.24, 2.45) is 5.92 Å². The number of hydrogen-bond donors (Lipinski definition) is 1. The van der Waals surface area contributed by atoms with Gasteiger partial charge in [-0.05, 0) is 43.2 Å². The minimum atomic E-state index is -4.04. The van der Waals surface area contributed by atoms with Gasteiger partial charge in [0.15, 0.2) is 0 Å². The largest absolute Gasteiger partial charge is 0.491 e. The number of rotatable bonds is 5. The van der Waals surface area contributed by atoms with Gasteiger partial charge in [-0.25, -0.2) is 16.8 Å². The number of anilines is 1. The predicted molar refractivity (Wildman–Crippen MR) is 142 cm³/mol. The van der Waals surface area contributed by atoms with Crippen molar-refractivity contribution in [3.63, 3.8) is 0 Å². The lowest BCUT2D eigenvalue weighted by molar-refractivity contribution is 0.0213. The fraction of sp³-hybridized carbons (Fsp3) is 0.458. The minimum absolute atomic E-state index is 0.0217. The number of methoxy groups -OCH3 is 1. The molecule has 37 heavy (non-hydrogen) atoms. The van der Waals surface area contributed by atoms with Gasteiger partial charge >= 0.3 is 0 Å². The number of fused-ring (bicyclic) bond motifs is 1. The van der Waals surface area contributed by atoms with Crippen molar-refractivity contribution in [2.75, 3.05) is 44.8 Å². The molecule has 204 valence electrons. The van der Waals surface area contributed by atoms with E-state index in [9.17, 15) is 21.6 Å². The molecule has 0 radical (unpaired) electrons. The van der Waals surface area contributed by atoms with Crippen LogP contribution in [0.25, 0.3) is 0 Å². The summed E-state index contributed by atoms with van der Waals surface area (Å²) in [5.74, 6) is -0.443. The molecule has 0 saturated heterocycles. The highest BCUT2D eigenvalue weighted by Crippen LogP contribution is 2.29. The number of nitrogens with one attached hydrogen (secondary N) is 1. The first kappa shape index (κ1) is 29.2. The van der Waals surface area contributed by atoms with E-state index in [2.05, 4.69) is 4.72 Å². The molecule has 2 aromatic rings. The number of carbonyl (C=O) groups excluding carboxylic acids is 1. The van der Waals surface area contributed by atoms with Gasteiger partial charge in [-0.1, -0.05) is 30.7 Å². The molecular weight excluding hydrogens is 542 g/mol. The number of sulfonamides is 2. The second kappa shape index (κ2) is 11.6. The molecule has 0 unspecified atom stereocenters. The van der Waals surface area contributed by atoms with Crippen LogP contribution in [0, 0.1) is 5.92 Å². The van der Waals surface area contributed by atoms with E-state index in [-0.39, 0.29) is 52.5 Å². The van der Waals surface area contributed by atoms with Gasteiger partial charge in [-0.3, -0.25) is 9.52 Å². The van der Waals surface area contributed by atoms with E-state index < -0.39 is 38.1 Å². The molecule has 0 spiro atoms. The van der Waals surface area contributed by atoms with Crippen LogP contribution >= 0.6 is 11.6 Å². The molecule has 0 aliphatic carbocycles. The zero-order valence-electron chi connectivity index (χ0n) is 21.3. The molecule has 0 bridgehead atoms. The fourth-order valence-corrected chi connectivity index (χ4v) is 6.93. The van der Waals surface area contributed by atoms with E-state index in [4.69, 9.17) is 21.1 Å². The minimum Gasteiger partial charge on any atom is -0.491 e. The Bertz CT molecular complexity index is 1350. The molecule has 0 aromatic heterocycles. The SMILES string of the molecule is CO[C@@H]1CN(C)C(=O)c2cc(NS(=O)(=O)c3ccccc3Cl)ccc2OC[C@@H](C)N(S(C)(=O)=O)C[C@H]1C. The summed E-state index contributed by atoms with van der Waals surface area (Å²) in [4.78, 5) is 14.8. The number of amides is 1. The van der Waals surface area contributed by atoms with Gasteiger partial charge in [0.2, 0.25) is 10.0 Å². The lowest BCUT2D eigenvalue weighted by Gasteiger charge is -2.34. The molecule has 0 fully saturated rings. The van der Waals surface area contributed by atoms with E-state index in [0.29, 0.717) is 0 Å². The summed E-state index contributed by atoms with van der Waals surface area (Å²) in [7, 11) is -4.49. The number of halogens is 1. The Morgan fingerprint density at radius 1 is 1.08 bits per heavy atom. The maximum Gasteiger partial charge on any atom is 0.263 e. The normalized spacial score (nSPS) is 22.4. The third-order valence-electron chi connectivity index (χ3n) is 6.19. The number of ether oxygens (including phenoxy) is 2. The van der Waals surface area contributed by atoms with Crippen LogP contribution in [0.4, 0.5) is 5.69 Å². The maximum absolute atomic E-state index is 13.5. The molecular formula is C24H32ClN3O7S2. The summed E-state index contributed by atoms with van der Waals surface area (Å²) in [5.41, 5.74) is 0.252. The molecule has 1 aliphatic heterocycles. The van der Waals surface area contributed by atoms with Crippen molar-refractivity contribution in [1.82, 2.24) is 9.21 Å². The van der Waals surface area contributed by atoms with Crippen LogP contribution in [0.3, 0.4) is 0 Å². The molecule has 1 heterocycles. The van der Waals surface area contributed by atoms with Gasteiger partial charge in [0.1, 0.15) is 17.3 Å². The van der Waals surface area contributed by atoms with E-state index in [0.717, 1.165) is 6.26 Å². The van der Waals surface area contributed by atoms with Crippen molar-refractivity contribution in [3.8, 4) is 5.75 Å². The Kier molecular flexibility index (Phi) is 9.12. The van der Waals surface area contributed by atoms with Gasteiger partial charge in [0.25, 0.3) is 15.9 Å². The molecule has 10 nitrogen and oxygen atoms in total. The summed E-state index contributed by atoms with van der Waals surface area (Å²) in [5, 5.41) is 0.0598. The Morgan fingerprint density at radius 2 is 1.76 bits per heavy atom. The van der Waals surface area contributed by atoms with Crippen LogP contribution in [0.2, 0.25) is 5.02 Å². The topological polar surface area (TPSA) is 122 Å². The van der Waals surface area contributed by atoms with Crippen LogP contribution < -0.4 is 9.46 Å². The van der Waals surface area contributed by atoms with Crippen molar-refractivity contribution in [2.45, 2.75) is 30.9 Å². The summed E-state index contributed by atoms with van der Waals surface area (Å²) in [6, 6.07) is 9.81. The van der Waals surface area contributed by atoms with Crippen LogP contribution in [0.15, 0.2) is 47.4 Å². The van der Waals surface area contributed by atoms with Crippen LogP contribution in [0.1, 0.15) is 24.2 Å². The Labute approximate surface area is 223 Å². The molecule has 1 amide bonds. The fourth-order valence-electron chi connectivity index (χ4n) is 4.14. The molecule has 3 rings (SSSR count).